The van der Waals surface area contributed by atoms with E-state index in [2.05, 4.69) is 15.9 Å². The Hall–Kier alpha value is -0.510. The summed E-state index contributed by atoms with van der Waals surface area (Å²) in [6.45, 7) is 1.07. The molecule has 0 atom stereocenters. The molecule has 2 nitrogen and oxygen atoms in total. The van der Waals surface area contributed by atoms with E-state index in [4.69, 9.17) is 22.1 Å². The fourth-order valence-electron chi connectivity index (χ4n) is 1.24. The molecular weight excluding hydrogens is 277 g/mol. The molecule has 0 radical (unpaired) electrons. The second kappa shape index (κ2) is 6.88. The summed E-state index contributed by atoms with van der Waals surface area (Å²) in [5.41, 5.74) is 8.08. The molecule has 0 fully saturated rings. The Kier molecular flexibility index (Phi) is 5.76. The van der Waals surface area contributed by atoms with E-state index >= 15 is 0 Å². The third kappa shape index (κ3) is 3.86. The van der Waals surface area contributed by atoms with Gasteiger partial charge < -0.3 is 10.5 Å². The van der Waals surface area contributed by atoms with E-state index in [9.17, 15) is 0 Å². The average molecular weight is 291 g/mol. The van der Waals surface area contributed by atoms with Crippen molar-refractivity contribution in [3.63, 3.8) is 0 Å². The van der Waals surface area contributed by atoms with Gasteiger partial charge in [-0.3, -0.25) is 0 Å². The van der Waals surface area contributed by atoms with Crippen LogP contribution in [0, 0.1) is 0 Å². The summed E-state index contributed by atoms with van der Waals surface area (Å²) in [6, 6.07) is 5.93. The van der Waals surface area contributed by atoms with E-state index in [0.29, 0.717) is 13.2 Å². The van der Waals surface area contributed by atoms with Crippen molar-refractivity contribution in [3.05, 3.63) is 39.8 Å². The number of para-hydroxylation sites is 1. The third-order valence-corrected chi connectivity index (χ3v) is 2.68. The molecule has 0 aromatic heterocycles. The van der Waals surface area contributed by atoms with Crippen LogP contribution in [0.2, 0.25) is 0 Å². The van der Waals surface area contributed by atoms with Crippen LogP contribution in [-0.2, 0) is 6.42 Å². The van der Waals surface area contributed by atoms with Gasteiger partial charge in [-0.25, -0.2) is 0 Å². The largest absolute Gasteiger partial charge is 0.488 e. The summed E-state index contributed by atoms with van der Waals surface area (Å²) in [7, 11) is 0. The Morgan fingerprint density at radius 1 is 1.47 bits per heavy atom. The second-order valence-corrected chi connectivity index (χ2v) is 4.05. The lowest BCUT2D eigenvalue weighted by atomic mass is 10.1. The minimum atomic E-state index is 0.462. The molecule has 0 aliphatic heterocycles. The number of hydrogen-bond acceptors (Lipinski definition) is 2. The van der Waals surface area contributed by atoms with Gasteiger partial charge in [0.05, 0.1) is 4.47 Å². The normalized spacial score (nSPS) is 10.9. The monoisotopic (exact) mass is 289 g/mol. The molecule has 1 aromatic rings. The molecule has 1 rings (SSSR count). The van der Waals surface area contributed by atoms with Gasteiger partial charge in [-0.2, -0.15) is 0 Å². The lowest BCUT2D eigenvalue weighted by Gasteiger charge is -2.11. The highest BCUT2D eigenvalue weighted by atomic mass is 79.9. The van der Waals surface area contributed by atoms with Crippen molar-refractivity contribution in [1.82, 2.24) is 0 Å². The lowest BCUT2D eigenvalue weighted by Crippen LogP contribution is -2.05. The van der Waals surface area contributed by atoms with Crippen molar-refractivity contribution in [2.45, 2.75) is 6.42 Å². The standard InChI is InChI=1S/C11H13BrClNO/c12-10-4-1-3-9(5-7-14)11(10)15-8-2-6-13/h1-4,6H,5,7-8,14H2/b6-2+. The fraction of sp³-hybridized carbons (Fsp3) is 0.273. The van der Waals surface area contributed by atoms with Gasteiger partial charge in [0.15, 0.2) is 0 Å². The highest BCUT2D eigenvalue weighted by Crippen LogP contribution is 2.29. The molecule has 0 saturated carbocycles. The summed E-state index contributed by atoms with van der Waals surface area (Å²) in [6.07, 6.45) is 2.55. The van der Waals surface area contributed by atoms with E-state index < -0.39 is 0 Å². The summed E-state index contributed by atoms with van der Waals surface area (Å²) in [5.74, 6) is 0.845. The maximum atomic E-state index is 5.59. The van der Waals surface area contributed by atoms with Crippen LogP contribution in [-0.4, -0.2) is 13.2 Å². The minimum Gasteiger partial charge on any atom is -0.488 e. The maximum Gasteiger partial charge on any atom is 0.137 e. The summed E-state index contributed by atoms with van der Waals surface area (Å²) in [4.78, 5) is 0. The minimum absolute atomic E-state index is 0.462. The number of nitrogens with two attached hydrogens (primary N) is 1. The van der Waals surface area contributed by atoms with E-state index in [1.54, 1.807) is 6.08 Å². The van der Waals surface area contributed by atoms with Gasteiger partial charge in [-0.1, -0.05) is 23.7 Å². The zero-order valence-corrected chi connectivity index (χ0v) is 10.6. The molecule has 0 bridgehead atoms. The first-order valence-corrected chi connectivity index (χ1v) is 5.88. The predicted octanol–water partition coefficient (Wildman–Crippen LogP) is 3.08. The number of hydrogen-bond donors (Lipinski definition) is 1. The van der Waals surface area contributed by atoms with E-state index in [-0.39, 0.29) is 0 Å². The molecule has 0 saturated heterocycles. The molecular formula is C11H13BrClNO. The van der Waals surface area contributed by atoms with Crippen molar-refractivity contribution >= 4 is 27.5 Å². The number of halogens is 2. The molecule has 4 heteroatoms. The van der Waals surface area contributed by atoms with E-state index in [1.165, 1.54) is 5.54 Å². The van der Waals surface area contributed by atoms with Crippen LogP contribution in [0.15, 0.2) is 34.3 Å². The molecule has 0 aliphatic rings. The van der Waals surface area contributed by atoms with Crippen molar-refractivity contribution in [2.24, 2.45) is 5.73 Å². The Balaban J connectivity index is 2.81. The van der Waals surface area contributed by atoms with Gasteiger partial charge in [0, 0.05) is 5.54 Å². The molecule has 0 unspecified atom stereocenters. The zero-order chi connectivity index (χ0) is 11.1. The Morgan fingerprint density at radius 2 is 2.27 bits per heavy atom. The van der Waals surface area contributed by atoms with Gasteiger partial charge in [-0.15, -0.1) is 0 Å². The molecule has 82 valence electrons. The van der Waals surface area contributed by atoms with Crippen LogP contribution < -0.4 is 10.5 Å². The zero-order valence-electron chi connectivity index (χ0n) is 8.25. The molecule has 0 aliphatic carbocycles. The summed E-state index contributed by atoms with van der Waals surface area (Å²) < 4.78 is 6.53. The predicted molar refractivity (Wildman–Crippen MR) is 67.4 cm³/mol. The van der Waals surface area contributed by atoms with Crippen LogP contribution in [0.5, 0.6) is 5.75 Å². The van der Waals surface area contributed by atoms with Crippen molar-refractivity contribution in [3.8, 4) is 5.75 Å². The topological polar surface area (TPSA) is 35.2 Å². The van der Waals surface area contributed by atoms with E-state index in [0.717, 1.165) is 22.2 Å². The Bertz CT molecular complexity index is 341. The summed E-state index contributed by atoms with van der Waals surface area (Å²) >= 11 is 8.86. The third-order valence-electron chi connectivity index (χ3n) is 1.88. The van der Waals surface area contributed by atoms with Gasteiger partial charge >= 0.3 is 0 Å². The van der Waals surface area contributed by atoms with Crippen LogP contribution >= 0.6 is 27.5 Å². The molecule has 15 heavy (non-hydrogen) atoms. The summed E-state index contributed by atoms with van der Waals surface area (Å²) in [5, 5.41) is 0. The van der Waals surface area contributed by atoms with Crippen LogP contribution in [0.4, 0.5) is 0 Å². The molecule has 0 spiro atoms. The average Bonchev–Trinajstić information content (AvgIpc) is 2.23. The molecule has 1 aromatic carbocycles. The SMILES string of the molecule is NCCc1cccc(Br)c1OC/C=C/Cl. The highest BCUT2D eigenvalue weighted by Gasteiger charge is 2.06. The lowest BCUT2D eigenvalue weighted by molar-refractivity contribution is 0.356. The smallest absolute Gasteiger partial charge is 0.137 e. The highest BCUT2D eigenvalue weighted by molar-refractivity contribution is 9.10. The van der Waals surface area contributed by atoms with E-state index in [1.807, 2.05) is 18.2 Å². The van der Waals surface area contributed by atoms with Gasteiger partial charge in [0.1, 0.15) is 12.4 Å². The van der Waals surface area contributed by atoms with Crippen LogP contribution in [0.3, 0.4) is 0 Å². The molecule has 2 N–H and O–H groups in total. The number of rotatable bonds is 5. The first kappa shape index (κ1) is 12.6. The van der Waals surface area contributed by atoms with Gasteiger partial charge in [-0.05, 0) is 46.6 Å². The van der Waals surface area contributed by atoms with Crippen molar-refractivity contribution < 1.29 is 4.74 Å². The Morgan fingerprint density at radius 3 is 2.93 bits per heavy atom. The van der Waals surface area contributed by atoms with Gasteiger partial charge in [0.25, 0.3) is 0 Å². The second-order valence-electron chi connectivity index (χ2n) is 2.94. The number of ether oxygens (including phenoxy) is 1. The molecule has 0 amide bonds. The maximum absolute atomic E-state index is 5.59. The quantitative estimate of drug-likeness (QED) is 0.904. The first-order chi connectivity index (χ1) is 7.29. The number of benzene rings is 1. The van der Waals surface area contributed by atoms with Crippen molar-refractivity contribution in [1.29, 1.82) is 0 Å². The fourth-order valence-corrected chi connectivity index (χ4v) is 1.83. The van der Waals surface area contributed by atoms with Gasteiger partial charge in [0.2, 0.25) is 0 Å². The van der Waals surface area contributed by atoms with Crippen LogP contribution in [0.1, 0.15) is 5.56 Å². The van der Waals surface area contributed by atoms with Crippen molar-refractivity contribution in [2.75, 3.05) is 13.2 Å². The molecule has 0 heterocycles. The Labute approximate surface area is 103 Å². The van der Waals surface area contributed by atoms with Crippen LogP contribution in [0.25, 0.3) is 0 Å². The first-order valence-electron chi connectivity index (χ1n) is 4.65.